The average Bonchev–Trinajstić information content (AvgIpc) is 2.73. The summed E-state index contributed by atoms with van der Waals surface area (Å²) in [5.74, 6) is -0.512. The van der Waals surface area contributed by atoms with Gasteiger partial charge in [-0.3, -0.25) is 4.79 Å². The summed E-state index contributed by atoms with van der Waals surface area (Å²) >= 11 is 0. The number of aryl methyl sites for hydroxylation is 2. The molecule has 1 aromatic heterocycles. The molecule has 0 radical (unpaired) electrons. The van der Waals surface area contributed by atoms with E-state index in [0.717, 1.165) is 5.56 Å². The van der Waals surface area contributed by atoms with Gasteiger partial charge in [-0.25, -0.2) is 4.79 Å². The van der Waals surface area contributed by atoms with E-state index in [1.165, 1.54) is 0 Å². The van der Waals surface area contributed by atoms with Gasteiger partial charge < -0.3 is 9.72 Å². The van der Waals surface area contributed by atoms with Crippen LogP contribution in [0.1, 0.15) is 50.2 Å². The molecule has 2 aromatic rings. The fourth-order valence-electron chi connectivity index (χ4n) is 2.43. The Bertz CT molecular complexity index is 698. The second-order valence-electron chi connectivity index (χ2n) is 5.04. The predicted molar refractivity (Wildman–Crippen MR) is 80.8 cm³/mol. The zero-order valence-electron chi connectivity index (χ0n) is 12.7. The zero-order valence-corrected chi connectivity index (χ0v) is 12.7. The summed E-state index contributed by atoms with van der Waals surface area (Å²) in [7, 11) is 0. The fourth-order valence-corrected chi connectivity index (χ4v) is 2.43. The van der Waals surface area contributed by atoms with Gasteiger partial charge in [0.25, 0.3) is 0 Å². The minimum Gasteiger partial charge on any atom is -0.461 e. The Kier molecular flexibility index (Phi) is 4.26. The van der Waals surface area contributed by atoms with E-state index in [1.54, 1.807) is 26.8 Å². The molecule has 0 aliphatic heterocycles. The van der Waals surface area contributed by atoms with Gasteiger partial charge in [0, 0.05) is 16.8 Å². The quantitative estimate of drug-likeness (QED) is 0.692. The molecule has 0 atom stereocenters. The highest BCUT2D eigenvalue weighted by molar-refractivity contribution is 6.12. The van der Waals surface area contributed by atoms with Crippen molar-refractivity contribution in [1.82, 2.24) is 4.98 Å². The SMILES string of the molecule is CCOC(=O)c1[nH]c(C)c(C(=O)c2cccc(C)c2)c1C. The topological polar surface area (TPSA) is 59.2 Å². The van der Waals surface area contributed by atoms with E-state index in [2.05, 4.69) is 4.98 Å². The van der Waals surface area contributed by atoms with Crippen LogP contribution in [-0.2, 0) is 4.74 Å². The minimum absolute atomic E-state index is 0.0829. The van der Waals surface area contributed by atoms with Crippen molar-refractivity contribution in [3.8, 4) is 0 Å². The van der Waals surface area contributed by atoms with E-state index in [4.69, 9.17) is 4.74 Å². The summed E-state index contributed by atoms with van der Waals surface area (Å²) in [6.07, 6.45) is 0. The second-order valence-corrected chi connectivity index (χ2v) is 5.04. The molecule has 0 spiro atoms. The van der Waals surface area contributed by atoms with Crippen LogP contribution in [-0.4, -0.2) is 23.3 Å². The minimum atomic E-state index is -0.429. The van der Waals surface area contributed by atoms with Crippen molar-refractivity contribution in [2.75, 3.05) is 6.61 Å². The Morgan fingerprint density at radius 2 is 1.90 bits per heavy atom. The van der Waals surface area contributed by atoms with E-state index in [0.29, 0.717) is 34.7 Å². The molecule has 0 saturated carbocycles. The summed E-state index contributed by atoms with van der Waals surface area (Å²) < 4.78 is 5.00. The van der Waals surface area contributed by atoms with Crippen molar-refractivity contribution < 1.29 is 14.3 Å². The lowest BCUT2D eigenvalue weighted by molar-refractivity contribution is 0.0519. The standard InChI is InChI=1S/C17H19NO3/c1-5-21-17(20)15-11(3)14(12(4)18-15)16(19)13-8-6-7-10(2)9-13/h6-9,18H,5H2,1-4H3. The predicted octanol–water partition coefficient (Wildman–Crippen LogP) is 3.35. The van der Waals surface area contributed by atoms with E-state index in [9.17, 15) is 9.59 Å². The van der Waals surface area contributed by atoms with Crippen molar-refractivity contribution in [3.05, 3.63) is 57.9 Å². The Morgan fingerprint density at radius 1 is 1.19 bits per heavy atom. The Labute approximate surface area is 124 Å². The van der Waals surface area contributed by atoms with Gasteiger partial charge in [-0.05, 0) is 39.3 Å². The van der Waals surface area contributed by atoms with Gasteiger partial charge in [0.15, 0.2) is 5.78 Å². The summed E-state index contributed by atoms with van der Waals surface area (Å²) in [5, 5.41) is 0. The number of rotatable bonds is 4. The van der Waals surface area contributed by atoms with Crippen LogP contribution in [0.15, 0.2) is 24.3 Å². The van der Waals surface area contributed by atoms with E-state index < -0.39 is 5.97 Å². The van der Waals surface area contributed by atoms with E-state index >= 15 is 0 Å². The Balaban J connectivity index is 2.45. The number of benzene rings is 1. The number of H-pyrrole nitrogens is 1. The number of carbonyl (C=O) groups is 2. The number of aromatic amines is 1. The third-order valence-corrected chi connectivity index (χ3v) is 3.42. The number of hydrogen-bond donors (Lipinski definition) is 1. The molecule has 0 fully saturated rings. The van der Waals surface area contributed by atoms with Crippen molar-refractivity contribution in [3.63, 3.8) is 0 Å². The molecule has 2 rings (SSSR count). The van der Waals surface area contributed by atoms with Gasteiger partial charge in [-0.15, -0.1) is 0 Å². The van der Waals surface area contributed by atoms with Gasteiger partial charge in [0.2, 0.25) is 0 Å². The van der Waals surface area contributed by atoms with Gasteiger partial charge in [-0.2, -0.15) is 0 Å². The lowest BCUT2D eigenvalue weighted by Crippen LogP contribution is -2.08. The van der Waals surface area contributed by atoms with Crippen molar-refractivity contribution in [2.24, 2.45) is 0 Å². The number of ether oxygens (including phenoxy) is 1. The summed E-state index contributed by atoms with van der Waals surface area (Å²) in [6.45, 7) is 7.55. The number of aromatic nitrogens is 1. The summed E-state index contributed by atoms with van der Waals surface area (Å²) in [6, 6.07) is 7.42. The van der Waals surface area contributed by atoms with Crippen LogP contribution in [0.5, 0.6) is 0 Å². The van der Waals surface area contributed by atoms with Crippen LogP contribution in [0.3, 0.4) is 0 Å². The second kappa shape index (κ2) is 5.95. The average molecular weight is 285 g/mol. The lowest BCUT2D eigenvalue weighted by Gasteiger charge is -2.04. The zero-order chi connectivity index (χ0) is 15.6. The summed E-state index contributed by atoms with van der Waals surface area (Å²) in [5.41, 5.74) is 3.86. The monoisotopic (exact) mass is 285 g/mol. The molecule has 110 valence electrons. The van der Waals surface area contributed by atoms with Gasteiger partial charge in [0.1, 0.15) is 5.69 Å². The molecule has 0 aliphatic carbocycles. The number of carbonyl (C=O) groups excluding carboxylic acids is 2. The van der Waals surface area contributed by atoms with Crippen LogP contribution in [0.2, 0.25) is 0 Å². The van der Waals surface area contributed by atoms with Gasteiger partial charge >= 0.3 is 5.97 Å². The highest BCUT2D eigenvalue weighted by Gasteiger charge is 2.23. The van der Waals surface area contributed by atoms with E-state index in [-0.39, 0.29) is 5.78 Å². The van der Waals surface area contributed by atoms with E-state index in [1.807, 2.05) is 25.1 Å². The number of ketones is 1. The number of esters is 1. The van der Waals surface area contributed by atoms with Crippen molar-refractivity contribution in [1.29, 1.82) is 0 Å². The van der Waals surface area contributed by atoms with Crippen LogP contribution in [0.4, 0.5) is 0 Å². The third kappa shape index (κ3) is 2.89. The van der Waals surface area contributed by atoms with Crippen LogP contribution >= 0.6 is 0 Å². The molecule has 0 aliphatic rings. The maximum Gasteiger partial charge on any atom is 0.355 e. The largest absolute Gasteiger partial charge is 0.461 e. The molecular formula is C17H19NO3. The first-order valence-corrected chi connectivity index (χ1v) is 6.93. The molecule has 1 N–H and O–H groups in total. The highest BCUT2D eigenvalue weighted by atomic mass is 16.5. The molecule has 0 bridgehead atoms. The number of hydrogen-bond acceptors (Lipinski definition) is 3. The maximum absolute atomic E-state index is 12.7. The first kappa shape index (κ1) is 15.0. The number of nitrogens with one attached hydrogen (secondary N) is 1. The molecule has 0 unspecified atom stereocenters. The van der Waals surface area contributed by atoms with Crippen molar-refractivity contribution in [2.45, 2.75) is 27.7 Å². The normalized spacial score (nSPS) is 10.5. The fraction of sp³-hybridized carbons (Fsp3) is 0.294. The molecule has 0 saturated heterocycles. The Hall–Kier alpha value is -2.36. The maximum atomic E-state index is 12.7. The first-order chi connectivity index (χ1) is 9.95. The van der Waals surface area contributed by atoms with Crippen LogP contribution < -0.4 is 0 Å². The van der Waals surface area contributed by atoms with Gasteiger partial charge in [0.05, 0.1) is 6.61 Å². The molecule has 4 heteroatoms. The van der Waals surface area contributed by atoms with Crippen molar-refractivity contribution >= 4 is 11.8 Å². The van der Waals surface area contributed by atoms with Crippen LogP contribution in [0, 0.1) is 20.8 Å². The first-order valence-electron chi connectivity index (χ1n) is 6.93. The summed E-state index contributed by atoms with van der Waals surface area (Å²) in [4.78, 5) is 27.5. The molecular weight excluding hydrogens is 266 g/mol. The van der Waals surface area contributed by atoms with Crippen LogP contribution in [0.25, 0.3) is 0 Å². The molecule has 1 aromatic carbocycles. The smallest absolute Gasteiger partial charge is 0.355 e. The molecule has 21 heavy (non-hydrogen) atoms. The van der Waals surface area contributed by atoms with Gasteiger partial charge in [-0.1, -0.05) is 23.8 Å². The Morgan fingerprint density at radius 3 is 2.52 bits per heavy atom. The molecule has 4 nitrogen and oxygen atoms in total. The third-order valence-electron chi connectivity index (χ3n) is 3.42. The highest BCUT2D eigenvalue weighted by Crippen LogP contribution is 2.22. The molecule has 0 amide bonds. The lowest BCUT2D eigenvalue weighted by atomic mass is 9.98. The molecule has 1 heterocycles.